The van der Waals surface area contributed by atoms with Gasteiger partial charge in [-0.25, -0.2) is 4.98 Å². The second kappa shape index (κ2) is 5.54. The zero-order valence-electron chi connectivity index (χ0n) is 11.0. The van der Waals surface area contributed by atoms with Crippen LogP contribution in [-0.2, 0) is 6.42 Å². The molecule has 0 aliphatic carbocycles. The van der Waals surface area contributed by atoms with E-state index in [2.05, 4.69) is 55.6 Å². The molecule has 0 saturated heterocycles. The summed E-state index contributed by atoms with van der Waals surface area (Å²) in [7, 11) is 0. The minimum atomic E-state index is 0.545. The van der Waals surface area contributed by atoms with Gasteiger partial charge in [0.2, 0.25) is 0 Å². The molecule has 0 bridgehead atoms. The molecule has 3 aromatic rings. The molecule has 3 nitrogen and oxygen atoms in total. The number of imidazole rings is 1. The average Bonchev–Trinajstić information content (AvgIpc) is 2.76. The summed E-state index contributed by atoms with van der Waals surface area (Å²) in [6, 6.07) is 8.30. The van der Waals surface area contributed by atoms with Gasteiger partial charge in [0.15, 0.2) is 0 Å². The number of hydrogen-bond acceptors (Lipinski definition) is 2. The van der Waals surface area contributed by atoms with Crippen molar-refractivity contribution in [2.24, 2.45) is 0 Å². The third-order valence-corrected chi connectivity index (χ3v) is 3.78. The quantitative estimate of drug-likeness (QED) is 0.660. The van der Waals surface area contributed by atoms with Crippen LogP contribution in [0.3, 0.4) is 0 Å². The number of benzene rings is 1. The molecule has 0 saturated carbocycles. The summed E-state index contributed by atoms with van der Waals surface area (Å²) < 4.78 is 3.21. The third kappa shape index (κ3) is 2.45. The fourth-order valence-corrected chi connectivity index (χ4v) is 3.13. The van der Waals surface area contributed by atoms with E-state index in [0.29, 0.717) is 5.88 Å². The van der Waals surface area contributed by atoms with Crippen LogP contribution in [0.1, 0.15) is 11.4 Å². The molecule has 0 amide bonds. The fourth-order valence-electron chi connectivity index (χ4n) is 2.37. The Labute approximate surface area is 130 Å². The lowest BCUT2D eigenvalue weighted by Crippen LogP contribution is -2.02. The van der Waals surface area contributed by atoms with Crippen molar-refractivity contribution in [3.8, 4) is 5.69 Å². The van der Waals surface area contributed by atoms with Crippen LogP contribution in [0.5, 0.6) is 0 Å². The highest BCUT2D eigenvalue weighted by molar-refractivity contribution is 9.10. The highest BCUT2D eigenvalue weighted by atomic mass is 79.9. The van der Waals surface area contributed by atoms with E-state index < -0.39 is 0 Å². The lowest BCUT2D eigenvalue weighted by Gasteiger charge is -2.10. The predicted octanol–water partition coefficient (Wildman–Crippen LogP) is 4.27. The number of alkyl halides is 1. The first-order valence-corrected chi connectivity index (χ1v) is 7.66. The predicted molar refractivity (Wildman–Crippen MR) is 85.7 cm³/mol. The summed E-state index contributed by atoms with van der Waals surface area (Å²) >= 11 is 9.46. The van der Waals surface area contributed by atoms with Gasteiger partial charge in [0.05, 0.1) is 11.7 Å². The van der Waals surface area contributed by atoms with Crippen molar-refractivity contribution in [3.63, 3.8) is 0 Å². The number of pyridine rings is 1. The van der Waals surface area contributed by atoms with Crippen molar-refractivity contribution in [1.82, 2.24) is 14.5 Å². The topological polar surface area (TPSA) is 30.7 Å². The van der Waals surface area contributed by atoms with Gasteiger partial charge in [-0.05, 0) is 36.8 Å². The molecule has 5 heteroatoms. The van der Waals surface area contributed by atoms with Gasteiger partial charge < -0.3 is 0 Å². The summed E-state index contributed by atoms with van der Waals surface area (Å²) in [5, 5.41) is 0. The molecule has 0 unspecified atom stereocenters. The van der Waals surface area contributed by atoms with Crippen molar-refractivity contribution in [2.75, 3.05) is 5.88 Å². The van der Waals surface area contributed by atoms with Crippen molar-refractivity contribution in [1.29, 1.82) is 0 Å². The van der Waals surface area contributed by atoms with Gasteiger partial charge in [-0.3, -0.25) is 9.55 Å². The second-order valence-corrected chi connectivity index (χ2v) is 5.95. The Bertz CT molecular complexity index is 747. The monoisotopic (exact) mass is 349 g/mol. The molecule has 0 fully saturated rings. The Morgan fingerprint density at radius 3 is 2.90 bits per heavy atom. The Kier molecular flexibility index (Phi) is 3.76. The number of aromatic nitrogens is 3. The van der Waals surface area contributed by atoms with E-state index >= 15 is 0 Å². The number of hydrogen-bond donors (Lipinski definition) is 0. The molecule has 102 valence electrons. The molecule has 0 N–H and O–H groups in total. The maximum atomic E-state index is 5.91. The van der Waals surface area contributed by atoms with Crippen LogP contribution in [0.4, 0.5) is 0 Å². The van der Waals surface area contributed by atoms with Crippen LogP contribution in [0, 0.1) is 6.92 Å². The summed E-state index contributed by atoms with van der Waals surface area (Å²) in [5.74, 6) is 1.50. The minimum absolute atomic E-state index is 0.545. The fraction of sp³-hybridized carbons (Fsp3) is 0.200. The van der Waals surface area contributed by atoms with Gasteiger partial charge in [0.25, 0.3) is 0 Å². The second-order valence-electron chi connectivity index (χ2n) is 4.65. The Hall–Kier alpha value is -1.39. The lowest BCUT2D eigenvalue weighted by molar-refractivity contribution is 0.911. The zero-order chi connectivity index (χ0) is 14.1. The summed E-state index contributed by atoms with van der Waals surface area (Å²) in [4.78, 5) is 8.78. The average molecular weight is 351 g/mol. The highest BCUT2D eigenvalue weighted by Crippen LogP contribution is 2.25. The van der Waals surface area contributed by atoms with Crippen LogP contribution in [0.2, 0.25) is 0 Å². The third-order valence-electron chi connectivity index (χ3n) is 3.13. The lowest BCUT2D eigenvalue weighted by atomic mass is 10.2. The van der Waals surface area contributed by atoms with E-state index in [1.807, 2.05) is 6.07 Å². The van der Waals surface area contributed by atoms with E-state index in [9.17, 15) is 0 Å². The van der Waals surface area contributed by atoms with Crippen LogP contribution in [-0.4, -0.2) is 20.4 Å². The summed E-state index contributed by atoms with van der Waals surface area (Å²) in [6.45, 7) is 2.08. The van der Waals surface area contributed by atoms with Crippen LogP contribution < -0.4 is 0 Å². The van der Waals surface area contributed by atoms with Gasteiger partial charge in [-0.15, -0.1) is 11.6 Å². The van der Waals surface area contributed by atoms with Gasteiger partial charge in [0.1, 0.15) is 11.3 Å². The SMILES string of the molecule is Cc1cc(Br)cc(-n2c(CCCl)nc3cnccc32)c1. The van der Waals surface area contributed by atoms with Crippen molar-refractivity contribution in [3.05, 3.63) is 52.5 Å². The van der Waals surface area contributed by atoms with Crippen molar-refractivity contribution >= 4 is 38.6 Å². The molecule has 20 heavy (non-hydrogen) atoms. The standard InChI is InChI=1S/C15H13BrClN3/c1-10-6-11(16)8-12(7-10)20-14-3-5-18-9-13(14)19-15(20)2-4-17/h3,5-9H,2,4H2,1H3. The first-order chi connectivity index (χ1) is 9.69. The van der Waals surface area contributed by atoms with Crippen LogP contribution in [0.15, 0.2) is 41.1 Å². The van der Waals surface area contributed by atoms with Crippen LogP contribution >= 0.6 is 27.5 Å². The molecule has 0 aliphatic rings. The molecular formula is C15H13BrClN3. The molecule has 0 atom stereocenters. The summed E-state index contributed by atoms with van der Waals surface area (Å²) in [6.07, 6.45) is 4.30. The van der Waals surface area contributed by atoms with Crippen molar-refractivity contribution < 1.29 is 0 Å². The minimum Gasteiger partial charge on any atom is -0.296 e. The Morgan fingerprint density at radius 1 is 1.30 bits per heavy atom. The van der Waals surface area contributed by atoms with E-state index in [-0.39, 0.29) is 0 Å². The molecule has 2 heterocycles. The van der Waals surface area contributed by atoms with Gasteiger partial charge >= 0.3 is 0 Å². The molecule has 0 radical (unpaired) electrons. The van der Waals surface area contributed by atoms with E-state index in [1.54, 1.807) is 12.4 Å². The first kappa shape index (κ1) is 13.6. The number of halogens is 2. The maximum absolute atomic E-state index is 5.91. The Balaban J connectivity index is 2.29. The van der Waals surface area contributed by atoms with E-state index in [1.165, 1.54) is 5.56 Å². The number of nitrogens with zero attached hydrogens (tertiary/aromatic N) is 3. The highest BCUT2D eigenvalue weighted by Gasteiger charge is 2.12. The molecule has 2 aromatic heterocycles. The van der Waals surface area contributed by atoms with Crippen LogP contribution in [0.25, 0.3) is 16.7 Å². The smallest absolute Gasteiger partial charge is 0.115 e. The van der Waals surface area contributed by atoms with Gasteiger partial charge in [-0.2, -0.15) is 0 Å². The van der Waals surface area contributed by atoms with Gasteiger partial charge in [-0.1, -0.05) is 15.9 Å². The molecule has 0 aliphatic heterocycles. The first-order valence-electron chi connectivity index (χ1n) is 6.34. The normalized spacial score (nSPS) is 11.2. The van der Waals surface area contributed by atoms with E-state index in [0.717, 1.165) is 33.4 Å². The molecule has 3 rings (SSSR count). The number of aryl methyl sites for hydroxylation is 2. The largest absolute Gasteiger partial charge is 0.296 e. The molecule has 1 aromatic carbocycles. The zero-order valence-corrected chi connectivity index (χ0v) is 13.3. The van der Waals surface area contributed by atoms with E-state index in [4.69, 9.17) is 11.6 Å². The Morgan fingerprint density at radius 2 is 2.15 bits per heavy atom. The van der Waals surface area contributed by atoms with Gasteiger partial charge in [0, 0.05) is 28.7 Å². The molecule has 0 spiro atoms. The summed E-state index contributed by atoms with van der Waals surface area (Å²) in [5.41, 5.74) is 4.23. The number of rotatable bonds is 3. The number of fused-ring (bicyclic) bond motifs is 1. The van der Waals surface area contributed by atoms with Crippen molar-refractivity contribution in [2.45, 2.75) is 13.3 Å². The maximum Gasteiger partial charge on any atom is 0.115 e. The molecular weight excluding hydrogens is 338 g/mol.